The van der Waals surface area contributed by atoms with Crippen LogP contribution in [0.15, 0.2) is 39.3 Å². The standard InChI is InChI=1S/C16H14Br2O4/c1-21-15-5-10(12(18)6-13(15)20)16-11(7-19)9-4-8(17)2-3-14(9)22-16/h2-6,11,16,19-20H,7H2,1H3/t11-,16+/m0/s1. The third-order valence-electron chi connectivity index (χ3n) is 3.79. The van der Waals surface area contributed by atoms with Crippen LogP contribution in [0.2, 0.25) is 0 Å². The number of hydrogen-bond acceptors (Lipinski definition) is 4. The van der Waals surface area contributed by atoms with Crippen molar-refractivity contribution in [2.24, 2.45) is 0 Å². The van der Waals surface area contributed by atoms with Gasteiger partial charge in [0.15, 0.2) is 11.5 Å². The summed E-state index contributed by atoms with van der Waals surface area (Å²) in [5.41, 5.74) is 1.78. The van der Waals surface area contributed by atoms with Crippen molar-refractivity contribution >= 4 is 31.9 Å². The molecule has 22 heavy (non-hydrogen) atoms. The number of phenols is 1. The van der Waals surface area contributed by atoms with Crippen LogP contribution in [0.3, 0.4) is 0 Å². The number of halogens is 2. The fraction of sp³-hybridized carbons (Fsp3) is 0.250. The molecular weight excluding hydrogens is 416 g/mol. The summed E-state index contributed by atoms with van der Waals surface area (Å²) in [7, 11) is 1.50. The molecule has 2 atom stereocenters. The monoisotopic (exact) mass is 428 g/mol. The highest BCUT2D eigenvalue weighted by atomic mass is 79.9. The summed E-state index contributed by atoms with van der Waals surface area (Å²) < 4.78 is 12.8. The normalized spacial score (nSPS) is 19.6. The van der Waals surface area contributed by atoms with Gasteiger partial charge >= 0.3 is 0 Å². The van der Waals surface area contributed by atoms with Crippen LogP contribution in [-0.2, 0) is 0 Å². The molecule has 2 aromatic carbocycles. The lowest BCUT2D eigenvalue weighted by molar-refractivity contribution is 0.159. The highest BCUT2D eigenvalue weighted by molar-refractivity contribution is 9.10. The van der Waals surface area contributed by atoms with Crippen LogP contribution >= 0.6 is 31.9 Å². The molecule has 0 saturated heterocycles. The average molecular weight is 430 g/mol. The maximum Gasteiger partial charge on any atom is 0.160 e. The lowest BCUT2D eigenvalue weighted by Crippen LogP contribution is -2.14. The van der Waals surface area contributed by atoms with Gasteiger partial charge < -0.3 is 19.7 Å². The molecule has 2 aromatic rings. The largest absolute Gasteiger partial charge is 0.504 e. The summed E-state index contributed by atoms with van der Waals surface area (Å²) in [6.45, 7) is -0.0379. The Hall–Kier alpha value is -1.24. The van der Waals surface area contributed by atoms with E-state index >= 15 is 0 Å². The van der Waals surface area contributed by atoms with Gasteiger partial charge in [-0.1, -0.05) is 31.9 Å². The molecule has 4 nitrogen and oxygen atoms in total. The molecular formula is C16H14Br2O4. The smallest absolute Gasteiger partial charge is 0.160 e. The Kier molecular flexibility index (Phi) is 4.34. The van der Waals surface area contributed by atoms with Gasteiger partial charge in [0.1, 0.15) is 11.9 Å². The average Bonchev–Trinajstić information content (AvgIpc) is 2.84. The van der Waals surface area contributed by atoms with Crippen molar-refractivity contribution in [1.82, 2.24) is 0 Å². The predicted molar refractivity (Wildman–Crippen MR) is 89.7 cm³/mol. The summed E-state index contributed by atoms with van der Waals surface area (Å²) in [5.74, 6) is 0.997. The fourth-order valence-electron chi connectivity index (χ4n) is 2.71. The topological polar surface area (TPSA) is 58.9 Å². The predicted octanol–water partition coefficient (Wildman–Crippen LogP) is 4.14. The van der Waals surface area contributed by atoms with E-state index in [2.05, 4.69) is 31.9 Å². The molecule has 3 rings (SSSR count). The molecule has 2 N–H and O–H groups in total. The van der Waals surface area contributed by atoms with Crippen LogP contribution in [0, 0.1) is 0 Å². The first kappa shape index (κ1) is 15.6. The molecule has 0 radical (unpaired) electrons. The van der Waals surface area contributed by atoms with Gasteiger partial charge in [-0.2, -0.15) is 0 Å². The number of aliphatic hydroxyl groups is 1. The fourth-order valence-corrected chi connectivity index (χ4v) is 3.65. The Morgan fingerprint density at radius 2 is 1.95 bits per heavy atom. The Labute approximate surface area is 144 Å². The number of rotatable bonds is 3. The Morgan fingerprint density at radius 3 is 2.64 bits per heavy atom. The molecule has 0 saturated carbocycles. The van der Waals surface area contributed by atoms with E-state index in [4.69, 9.17) is 9.47 Å². The van der Waals surface area contributed by atoms with Crippen molar-refractivity contribution in [1.29, 1.82) is 0 Å². The molecule has 0 bridgehead atoms. The lowest BCUT2D eigenvalue weighted by atomic mass is 9.91. The second-order valence-corrected chi connectivity index (χ2v) is 6.83. The van der Waals surface area contributed by atoms with Gasteiger partial charge in [-0.25, -0.2) is 0 Å². The minimum absolute atomic E-state index is 0.0379. The highest BCUT2D eigenvalue weighted by Crippen LogP contribution is 2.49. The van der Waals surface area contributed by atoms with Crippen molar-refractivity contribution in [3.63, 3.8) is 0 Å². The molecule has 0 aliphatic carbocycles. The molecule has 0 unspecified atom stereocenters. The van der Waals surface area contributed by atoms with Gasteiger partial charge in [-0.3, -0.25) is 0 Å². The van der Waals surface area contributed by atoms with E-state index in [0.717, 1.165) is 21.3 Å². The van der Waals surface area contributed by atoms with Crippen LogP contribution in [0.4, 0.5) is 0 Å². The first-order chi connectivity index (χ1) is 10.5. The minimum Gasteiger partial charge on any atom is -0.504 e. The zero-order chi connectivity index (χ0) is 15.9. The van der Waals surface area contributed by atoms with Crippen molar-refractivity contribution < 1.29 is 19.7 Å². The number of aliphatic hydroxyl groups excluding tert-OH is 1. The molecule has 0 fully saturated rings. The summed E-state index contributed by atoms with van der Waals surface area (Å²) in [6, 6.07) is 9.05. The van der Waals surface area contributed by atoms with Crippen LogP contribution in [0.5, 0.6) is 17.2 Å². The Balaban J connectivity index is 2.07. The number of benzene rings is 2. The van der Waals surface area contributed by atoms with Crippen molar-refractivity contribution in [3.8, 4) is 17.2 Å². The van der Waals surface area contributed by atoms with E-state index in [0.29, 0.717) is 10.2 Å². The van der Waals surface area contributed by atoms with Crippen LogP contribution < -0.4 is 9.47 Å². The maximum absolute atomic E-state index is 9.84. The Morgan fingerprint density at radius 1 is 1.18 bits per heavy atom. The third-order valence-corrected chi connectivity index (χ3v) is 4.97. The zero-order valence-electron chi connectivity index (χ0n) is 11.7. The summed E-state index contributed by atoms with van der Waals surface area (Å²) >= 11 is 6.90. The van der Waals surface area contributed by atoms with E-state index in [9.17, 15) is 10.2 Å². The van der Waals surface area contributed by atoms with E-state index in [1.54, 1.807) is 12.1 Å². The van der Waals surface area contributed by atoms with Crippen LogP contribution in [-0.4, -0.2) is 23.9 Å². The number of hydrogen-bond donors (Lipinski definition) is 2. The van der Waals surface area contributed by atoms with E-state index in [1.807, 2.05) is 18.2 Å². The molecule has 1 aliphatic heterocycles. The zero-order valence-corrected chi connectivity index (χ0v) is 14.9. The maximum atomic E-state index is 9.84. The third kappa shape index (κ3) is 2.59. The van der Waals surface area contributed by atoms with E-state index < -0.39 is 0 Å². The second-order valence-electron chi connectivity index (χ2n) is 5.06. The SMILES string of the molecule is COc1cc([C@H]2Oc3ccc(Br)cc3[C@@H]2CO)c(Br)cc1O. The number of phenolic OH excluding ortho intramolecular Hbond substituents is 1. The number of methoxy groups -OCH3 is 1. The summed E-state index contributed by atoms with van der Waals surface area (Å²) in [6.07, 6.45) is -0.349. The quantitative estimate of drug-likeness (QED) is 0.769. The van der Waals surface area contributed by atoms with Crippen LogP contribution in [0.1, 0.15) is 23.1 Å². The molecule has 1 aliphatic rings. The second kappa shape index (κ2) is 6.10. The van der Waals surface area contributed by atoms with Crippen molar-refractivity contribution in [2.45, 2.75) is 12.0 Å². The van der Waals surface area contributed by atoms with Gasteiger partial charge in [-0.05, 0) is 30.3 Å². The van der Waals surface area contributed by atoms with Gasteiger partial charge in [0, 0.05) is 20.1 Å². The van der Waals surface area contributed by atoms with Gasteiger partial charge in [0.2, 0.25) is 0 Å². The molecule has 6 heteroatoms. The first-order valence-electron chi connectivity index (χ1n) is 6.68. The lowest BCUT2D eigenvalue weighted by Gasteiger charge is -2.20. The molecule has 0 aromatic heterocycles. The Bertz CT molecular complexity index is 718. The number of aromatic hydroxyl groups is 1. The van der Waals surface area contributed by atoms with Gasteiger partial charge in [0.05, 0.1) is 19.6 Å². The van der Waals surface area contributed by atoms with E-state index in [-0.39, 0.29) is 24.4 Å². The van der Waals surface area contributed by atoms with Gasteiger partial charge in [-0.15, -0.1) is 0 Å². The molecule has 0 spiro atoms. The molecule has 116 valence electrons. The molecule has 0 amide bonds. The first-order valence-corrected chi connectivity index (χ1v) is 8.27. The minimum atomic E-state index is -0.349. The van der Waals surface area contributed by atoms with Crippen molar-refractivity contribution in [3.05, 3.63) is 50.4 Å². The summed E-state index contributed by atoms with van der Waals surface area (Å²) in [4.78, 5) is 0. The van der Waals surface area contributed by atoms with Crippen LogP contribution in [0.25, 0.3) is 0 Å². The summed E-state index contributed by atoms with van der Waals surface area (Å²) in [5, 5.41) is 19.7. The van der Waals surface area contributed by atoms with Crippen molar-refractivity contribution in [2.75, 3.05) is 13.7 Å². The van der Waals surface area contributed by atoms with Gasteiger partial charge in [0.25, 0.3) is 0 Å². The van der Waals surface area contributed by atoms with E-state index in [1.165, 1.54) is 7.11 Å². The number of fused-ring (bicyclic) bond motifs is 1. The molecule has 1 heterocycles. The highest BCUT2D eigenvalue weighted by Gasteiger charge is 2.36. The number of ether oxygens (including phenoxy) is 2.